The third-order valence-corrected chi connectivity index (χ3v) is 5.75. The average Bonchev–Trinajstić information content (AvgIpc) is 2.65. The van der Waals surface area contributed by atoms with E-state index in [1.807, 2.05) is 12.1 Å². The van der Waals surface area contributed by atoms with Crippen molar-refractivity contribution >= 4 is 9.84 Å². The van der Waals surface area contributed by atoms with Crippen LogP contribution in [0.5, 0.6) is 0 Å². The fraction of sp³-hybridized carbons (Fsp3) is 0.625. The molecule has 4 nitrogen and oxygen atoms in total. The summed E-state index contributed by atoms with van der Waals surface area (Å²) in [6.07, 6.45) is 1.22. The maximum Gasteiger partial charge on any atom is 0.175 e. The Bertz CT molecular complexity index is 594. The van der Waals surface area contributed by atoms with E-state index in [1.54, 1.807) is 12.1 Å². The standard InChI is InChI=1S/C16H25NO3S/c1-12(2)16(18)11-17(9-13(16)3)10-14-5-7-15(8-6-14)21(4,19)20/h5-8,12-13,18H,9-11H2,1-4H3/t13-,16-/m1/s1. The van der Waals surface area contributed by atoms with Gasteiger partial charge in [0.15, 0.2) is 9.84 Å². The molecule has 1 N–H and O–H groups in total. The summed E-state index contributed by atoms with van der Waals surface area (Å²) in [5, 5.41) is 10.7. The first-order chi connectivity index (χ1) is 9.63. The van der Waals surface area contributed by atoms with E-state index in [0.29, 0.717) is 11.4 Å². The van der Waals surface area contributed by atoms with E-state index in [-0.39, 0.29) is 11.8 Å². The van der Waals surface area contributed by atoms with Gasteiger partial charge in [0.25, 0.3) is 0 Å². The van der Waals surface area contributed by atoms with Crippen LogP contribution in [0.4, 0.5) is 0 Å². The molecule has 118 valence electrons. The molecule has 1 saturated heterocycles. The Labute approximate surface area is 127 Å². The molecule has 0 unspecified atom stereocenters. The third kappa shape index (κ3) is 3.47. The fourth-order valence-electron chi connectivity index (χ4n) is 3.10. The molecule has 0 radical (unpaired) electrons. The lowest BCUT2D eigenvalue weighted by Gasteiger charge is -2.31. The summed E-state index contributed by atoms with van der Waals surface area (Å²) in [5.41, 5.74) is 0.440. The van der Waals surface area contributed by atoms with Crippen molar-refractivity contribution in [3.05, 3.63) is 29.8 Å². The van der Waals surface area contributed by atoms with Crippen LogP contribution >= 0.6 is 0 Å². The van der Waals surface area contributed by atoms with Gasteiger partial charge >= 0.3 is 0 Å². The van der Waals surface area contributed by atoms with Gasteiger partial charge in [0.05, 0.1) is 10.5 Å². The molecule has 0 saturated carbocycles. The molecule has 21 heavy (non-hydrogen) atoms. The SMILES string of the molecule is CC(C)[C@]1(O)CN(Cc2ccc(S(C)(=O)=O)cc2)C[C@H]1C. The van der Waals surface area contributed by atoms with Crippen LogP contribution in [0.3, 0.4) is 0 Å². The highest BCUT2D eigenvalue weighted by Gasteiger charge is 2.44. The Morgan fingerprint density at radius 3 is 2.33 bits per heavy atom. The molecule has 0 aliphatic carbocycles. The molecule has 0 aromatic heterocycles. The summed E-state index contributed by atoms with van der Waals surface area (Å²) in [6, 6.07) is 7.01. The first-order valence-corrected chi connectivity index (χ1v) is 9.26. The average molecular weight is 311 g/mol. The minimum absolute atomic E-state index is 0.227. The van der Waals surface area contributed by atoms with Crippen molar-refractivity contribution < 1.29 is 13.5 Å². The predicted octanol–water partition coefficient (Wildman–Crippen LogP) is 1.93. The largest absolute Gasteiger partial charge is 0.388 e. The minimum Gasteiger partial charge on any atom is -0.388 e. The molecule has 0 spiro atoms. The summed E-state index contributed by atoms with van der Waals surface area (Å²) < 4.78 is 22.9. The molecule has 5 heteroatoms. The van der Waals surface area contributed by atoms with Gasteiger partial charge in [0, 0.05) is 25.9 Å². The van der Waals surface area contributed by atoms with E-state index in [1.165, 1.54) is 6.26 Å². The van der Waals surface area contributed by atoms with Gasteiger partial charge in [0.2, 0.25) is 0 Å². The topological polar surface area (TPSA) is 57.6 Å². The Morgan fingerprint density at radius 2 is 1.90 bits per heavy atom. The lowest BCUT2D eigenvalue weighted by molar-refractivity contribution is -0.0255. The highest BCUT2D eigenvalue weighted by atomic mass is 32.2. The van der Waals surface area contributed by atoms with Crippen LogP contribution in [0.25, 0.3) is 0 Å². The Balaban J connectivity index is 2.07. The summed E-state index contributed by atoms with van der Waals surface area (Å²) in [6.45, 7) is 8.47. The maximum atomic E-state index is 11.4. The highest BCUT2D eigenvalue weighted by molar-refractivity contribution is 7.90. The smallest absolute Gasteiger partial charge is 0.175 e. The number of β-amino-alcohol motifs (C(OH)–C–C–N with tert-alkyl or cyclic N) is 1. The lowest BCUT2D eigenvalue weighted by Crippen LogP contribution is -2.42. The number of rotatable bonds is 4. The maximum absolute atomic E-state index is 11.4. The molecule has 0 amide bonds. The zero-order chi connectivity index (χ0) is 15.8. The zero-order valence-corrected chi connectivity index (χ0v) is 14.0. The molecular formula is C16H25NO3S. The second-order valence-electron chi connectivity index (χ2n) is 6.63. The Morgan fingerprint density at radius 1 is 1.33 bits per heavy atom. The number of hydrogen-bond acceptors (Lipinski definition) is 4. The first kappa shape index (κ1) is 16.5. The first-order valence-electron chi connectivity index (χ1n) is 7.36. The number of aliphatic hydroxyl groups is 1. The van der Waals surface area contributed by atoms with Gasteiger partial charge in [-0.25, -0.2) is 8.42 Å². The van der Waals surface area contributed by atoms with Crippen LogP contribution in [0.2, 0.25) is 0 Å². The van der Waals surface area contributed by atoms with Gasteiger partial charge in [-0.15, -0.1) is 0 Å². The molecular weight excluding hydrogens is 286 g/mol. The number of likely N-dealkylation sites (tertiary alicyclic amines) is 1. The van der Waals surface area contributed by atoms with Gasteiger partial charge in [-0.2, -0.15) is 0 Å². The Kier molecular flexibility index (Phi) is 4.47. The number of benzene rings is 1. The molecule has 1 aromatic rings. The second kappa shape index (κ2) is 5.71. The Hall–Kier alpha value is -0.910. The zero-order valence-electron chi connectivity index (χ0n) is 13.2. The van der Waals surface area contributed by atoms with Crippen LogP contribution in [0, 0.1) is 11.8 Å². The van der Waals surface area contributed by atoms with E-state index in [0.717, 1.165) is 18.7 Å². The van der Waals surface area contributed by atoms with Crippen LogP contribution in [0.15, 0.2) is 29.2 Å². The summed E-state index contributed by atoms with van der Waals surface area (Å²) >= 11 is 0. The van der Waals surface area contributed by atoms with Crippen molar-refractivity contribution in [2.45, 2.75) is 37.8 Å². The van der Waals surface area contributed by atoms with E-state index >= 15 is 0 Å². The molecule has 1 heterocycles. The number of nitrogens with zero attached hydrogens (tertiary/aromatic N) is 1. The van der Waals surface area contributed by atoms with Crippen LogP contribution in [-0.2, 0) is 16.4 Å². The van der Waals surface area contributed by atoms with Crippen LogP contribution in [0.1, 0.15) is 26.3 Å². The van der Waals surface area contributed by atoms with Crippen molar-refractivity contribution in [1.82, 2.24) is 4.90 Å². The van der Waals surface area contributed by atoms with Gasteiger partial charge in [-0.05, 0) is 29.5 Å². The van der Waals surface area contributed by atoms with Crippen molar-refractivity contribution in [3.8, 4) is 0 Å². The van der Waals surface area contributed by atoms with Gasteiger partial charge in [-0.1, -0.05) is 32.9 Å². The van der Waals surface area contributed by atoms with Crippen molar-refractivity contribution in [2.24, 2.45) is 11.8 Å². The number of sulfone groups is 1. The van der Waals surface area contributed by atoms with E-state index < -0.39 is 15.4 Å². The quantitative estimate of drug-likeness (QED) is 0.923. The second-order valence-corrected chi connectivity index (χ2v) is 8.65. The molecule has 0 bridgehead atoms. The van der Waals surface area contributed by atoms with Crippen LogP contribution in [-0.4, -0.2) is 43.4 Å². The summed E-state index contributed by atoms with van der Waals surface area (Å²) in [5.74, 6) is 0.470. The summed E-state index contributed by atoms with van der Waals surface area (Å²) in [4.78, 5) is 2.58. The highest BCUT2D eigenvalue weighted by Crippen LogP contribution is 2.34. The van der Waals surface area contributed by atoms with E-state index in [4.69, 9.17) is 0 Å². The van der Waals surface area contributed by atoms with Gasteiger partial charge in [0.1, 0.15) is 0 Å². The normalized spacial score (nSPS) is 27.4. The predicted molar refractivity (Wildman–Crippen MR) is 83.8 cm³/mol. The van der Waals surface area contributed by atoms with Gasteiger partial charge in [-0.3, -0.25) is 4.90 Å². The fourth-order valence-corrected chi connectivity index (χ4v) is 3.73. The molecule has 2 rings (SSSR count). The van der Waals surface area contributed by atoms with Crippen molar-refractivity contribution in [2.75, 3.05) is 19.3 Å². The molecule has 1 aromatic carbocycles. The molecule has 2 atom stereocenters. The lowest BCUT2D eigenvalue weighted by atomic mass is 9.82. The third-order valence-electron chi connectivity index (χ3n) is 4.62. The summed E-state index contributed by atoms with van der Waals surface area (Å²) in [7, 11) is -3.14. The van der Waals surface area contributed by atoms with Crippen molar-refractivity contribution in [1.29, 1.82) is 0 Å². The van der Waals surface area contributed by atoms with Gasteiger partial charge < -0.3 is 5.11 Å². The monoisotopic (exact) mass is 311 g/mol. The van der Waals surface area contributed by atoms with E-state index in [2.05, 4.69) is 25.7 Å². The number of hydrogen-bond donors (Lipinski definition) is 1. The molecule has 1 fully saturated rings. The van der Waals surface area contributed by atoms with Crippen molar-refractivity contribution in [3.63, 3.8) is 0 Å². The minimum atomic E-state index is -3.14. The van der Waals surface area contributed by atoms with E-state index in [9.17, 15) is 13.5 Å². The van der Waals surface area contributed by atoms with Crippen LogP contribution < -0.4 is 0 Å². The molecule has 1 aliphatic rings. The molecule has 1 aliphatic heterocycles.